The van der Waals surface area contributed by atoms with Gasteiger partial charge in [0.05, 0.1) is 5.69 Å². The van der Waals surface area contributed by atoms with Crippen molar-refractivity contribution in [3.8, 4) is 0 Å². The highest BCUT2D eigenvalue weighted by Gasteiger charge is 2.64. The zero-order valence-corrected chi connectivity index (χ0v) is 14.1. The van der Waals surface area contributed by atoms with E-state index in [1.807, 2.05) is 6.92 Å². The second-order valence-electron chi connectivity index (χ2n) is 6.65. The Morgan fingerprint density at radius 3 is 2.33 bits per heavy atom. The van der Waals surface area contributed by atoms with Gasteiger partial charge in [-0.25, -0.2) is 13.8 Å². The van der Waals surface area contributed by atoms with Crippen molar-refractivity contribution >= 4 is 21.9 Å². The zero-order chi connectivity index (χ0) is 16.1. The molecule has 0 amide bonds. The van der Waals surface area contributed by atoms with Gasteiger partial charge >= 0.3 is 5.97 Å². The predicted molar refractivity (Wildman–Crippen MR) is 78.4 cm³/mol. The lowest BCUT2D eigenvalue weighted by molar-refractivity contribution is -0.190. The molecule has 0 spiro atoms. The van der Waals surface area contributed by atoms with Crippen LogP contribution < -0.4 is 0 Å². The number of rotatable bonds is 2. The maximum absolute atomic E-state index is 13.5. The molecule has 0 radical (unpaired) electrons. The fraction of sp³-hybridized carbons (Fsp3) is 0.600. The first kappa shape index (κ1) is 16.3. The lowest BCUT2D eigenvalue weighted by Gasteiger charge is -2.45. The van der Waals surface area contributed by atoms with Gasteiger partial charge in [-0.05, 0) is 61.3 Å². The van der Waals surface area contributed by atoms with E-state index in [2.05, 4.69) is 20.9 Å². The van der Waals surface area contributed by atoms with Gasteiger partial charge in [-0.1, -0.05) is 0 Å². The highest BCUT2D eigenvalue weighted by Crippen LogP contribution is 2.54. The standard InChI is InChI=1S/C15H18BrF2NO2/c1-9-5-10(19-11(16)6-9)14(7-15(17,18)8-14)12(20)21-13(2,3)4/h5-6H,7-8H2,1-4H3. The molecule has 1 saturated carbocycles. The van der Waals surface area contributed by atoms with Crippen LogP contribution in [0.3, 0.4) is 0 Å². The Hall–Kier alpha value is -1.04. The molecule has 0 N–H and O–H groups in total. The summed E-state index contributed by atoms with van der Waals surface area (Å²) >= 11 is 3.25. The van der Waals surface area contributed by atoms with Crippen molar-refractivity contribution in [2.24, 2.45) is 0 Å². The maximum atomic E-state index is 13.5. The number of hydrogen-bond donors (Lipinski definition) is 0. The van der Waals surface area contributed by atoms with E-state index < -0.39 is 35.7 Å². The smallest absolute Gasteiger partial charge is 0.319 e. The first-order chi connectivity index (χ1) is 9.43. The molecular formula is C15H18BrF2NO2. The summed E-state index contributed by atoms with van der Waals surface area (Å²) < 4.78 is 32.8. The van der Waals surface area contributed by atoms with Crippen molar-refractivity contribution in [2.75, 3.05) is 0 Å². The van der Waals surface area contributed by atoms with Crippen LogP contribution in [0, 0.1) is 6.92 Å². The van der Waals surface area contributed by atoms with Crippen LogP contribution in [-0.2, 0) is 14.9 Å². The number of ether oxygens (including phenoxy) is 1. The first-order valence-electron chi connectivity index (χ1n) is 6.70. The molecule has 0 saturated heterocycles. The number of halogens is 3. The van der Waals surface area contributed by atoms with Crippen LogP contribution >= 0.6 is 15.9 Å². The van der Waals surface area contributed by atoms with E-state index in [1.54, 1.807) is 32.9 Å². The average Bonchev–Trinajstić information content (AvgIpc) is 2.21. The normalized spacial score (nSPS) is 19.8. The van der Waals surface area contributed by atoms with Crippen molar-refractivity contribution in [1.29, 1.82) is 0 Å². The van der Waals surface area contributed by atoms with Crippen molar-refractivity contribution < 1.29 is 18.3 Å². The molecule has 3 nitrogen and oxygen atoms in total. The van der Waals surface area contributed by atoms with Crippen LogP contribution in [-0.4, -0.2) is 22.5 Å². The lowest BCUT2D eigenvalue weighted by Crippen LogP contribution is -2.56. The van der Waals surface area contributed by atoms with E-state index >= 15 is 0 Å². The van der Waals surface area contributed by atoms with Crippen LogP contribution in [0.15, 0.2) is 16.7 Å². The highest BCUT2D eigenvalue weighted by atomic mass is 79.9. The van der Waals surface area contributed by atoms with Crippen LogP contribution in [0.25, 0.3) is 0 Å². The largest absolute Gasteiger partial charge is 0.459 e. The van der Waals surface area contributed by atoms with Crippen molar-refractivity contribution in [2.45, 2.75) is 57.5 Å². The second-order valence-corrected chi connectivity index (χ2v) is 7.46. The van der Waals surface area contributed by atoms with E-state index in [4.69, 9.17) is 4.74 Å². The van der Waals surface area contributed by atoms with Gasteiger partial charge in [-0.3, -0.25) is 4.79 Å². The van der Waals surface area contributed by atoms with Crippen LogP contribution in [0.2, 0.25) is 0 Å². The Kier molecular flexibility index (Phi) is 3.89. The molecule has 1 aliphatic rings. The molecule has 116 valence electrons. The van der Waals surface area contributed by atoms with Gasteiger partial charge in [0.15, 0.2) is 0 Å². The molecule has 0 unspecified atom stereocenters. The molecule has 0 aromatic carbocycles. The summed E-state index contributed by atoms with van der Waals surface area (Å²) in [6.45, 7) is 6.98. The molecule has 0 bridgehead atoms. The third-order valence-electron chi connectivity index (χ3n) is 3.34. The number of esters is 1. The molecule has 1 heterocycles. The van der Waals surface area contributed by atoms with E-state index in [9.17, 15) is 13.6 Å². The molecule has 0 aliphatic heterocycles. The molecule has 21 heavy (non-hydrogen) atoms. The minimum absolute atomic E-state index is 0.342. The number of pyridine rings is 1. The molecule has 1 aliphatic carbocycles. The number of aryl methyl sites for hydroxylation is 1. The Labute approximate surface area is 131 Å². The minimum atomic E-state index is -2.85. The van der Waals surface area contributed by atoms with Gasteiger partial charge in [-0.2, -0.15) is 0 Å². The molecular weight excluding hydrogens is 344 g/mol. The third kappa shape index (κ3) is 3.42. The molecule has 6 heteroatoms. The average molecular weight is 362 g/mol. The minimum Gasteiger partial charge on any atom is -0.459 e. The quantitative estimate of drug-likeness (QED) is 0.586. The van der Waals surface area contributed by atoms with E-state index in [0.29, 0.717) is 10.3 Å². The van der Waals surface area contributed by atoms with Gasteiger partial charge in [-0.15, -0.1) is 0 Å². The topological polar surface area (TPSA) is 39.2 Å². The summed E-state index contributed by atoms with van der Waals surface area (Å²) in [5.74, 6) is -3.49. The Balaban J connectivity index is 2.41. The highest BCUT2D eigenvalue weighted by molar-refractivity contribution is 9.10. The monoisotopic (exact) mass is 361 g/mol. The zero-order valence-electron chi connectivity index (χ0n) is 12.5. The SMILES string of the molecule is Cc1cc(Br)nc(C2(C(=O)OC(C)(C)C)CC(F)(F)C2)c1. The van der Waals surface area contributed by atoms with Gasteiger partial charge in [0.2, 0.25) is 0 Å². The summed E-state index contributed by atoms with van der Waals surface area (Å²) in [5, 5.41) is 0. The molecule has 0 atom stereocenters. The molecule has 2 rings (SSSR count). The molecule has 1 fully saturated rings. The summed E-state index contributed by atoms with van der Waals surface area (Å²) in [4.78, 5) is 16.7. The van der Waals surface area contributed by atoms with E-state index in [0.717, 1.165) is 5.56 Å². The summed E-state index contributed by atoms with van der Waals surface area (Å²) in [7, 11) is 0. The fourth-order valence-electron chi connectivity index (χ4n) is 2.51. The number of carbonyl (C=O) groups is 1. The maximum Gasteiger partial charge on any atom is 0.319 e. The Morgan fingerprint density at radius 2 is 1.90 bits per heavy atom. The fourth-order valence-corrected chi connectivity index (χ4v) is 3.06. The number of nitrogens with zero attached hydrogens (tertiary/aromatic N) is 1. The summed E-state index contributed by atoms with van der Waals surface area (Å²) in [6.07, 6.45) is -1.12. The predicted octanol–water partition coefficient (Wildman–Crippen LogP) is 4.16. The van der Waals surface area contributed by atoms with Gasteiger partial charge in [0.25, 0.3) is 5.92 Å². The third-order valence-corrected chi connectivity index (χ3v) is 3.75. The Morgan fingerprint density at radius 1 is 1.33 bits per heavy atom. The first-order valence-corrected chi connectivity index (χ1v) is 7.49. The molecule has 1 aromatic heterocycles. The number of aromatic nitrogens is 1. The van der Waals surface area contributed by atoms with Crippen LogP contribution in [0.5, 0.6) is 0 Å². The van der Waals surface area contributed by atoms with Crippen molar-refractivity contribution in [3.05, 3.63) is 28.0 Å². The van der Waals surface area contributed by atoms with Gasteiger partial charge < -0.3 is 4.74 Å². The van der Waals surface area contributed by atoms with Crippen LogP contribution in [0.4, 0.5) is 8.78 Å². The van der Waals surface area contributed by atoms with Gasteiger partial charge in [0, 0.05) is 12.8 Å². The number of hydrogen-bond acceptors (Lipinski definition) is 3. The number of alkyl halides is 2. The van der Waals surface area contributed by atoms with E-state index in [1.165, 1.54) is 0 Å². The van der Waals surface area contributed by atoms with E-state index in [-0.39, 0.29) is 0 Å². The second kappa shape index (κ2) is 5.00. The number of carbonyl (C=O) groups excluding carboxylic acids is 1. The molecule has 1 aromatic rings. The Bertz CT molecular complexity index is 553. The van der Waals surface area contributed by atoms with Crippen LogP contribution in [0.1, 0.15) is 44.9 Å². The summed E-state index contributed by atoms with van der Waals surface area (Å²) in [5.41, 5.74) is -0.888. The summed E-state index contributed by atoms with van der Waals surface area (Å²) in [6, 6.07) is 3.44. The van der Waals surface area contributed by atoms with Gasteiger partial charge in [0.1, 0.15) is 15.6 Å². The van der Waals surface area contributed by atoms with Crippen molar-refractivity contribution in [3.63, 3.8) is 0 Å². The van der Waals surface area contributed by atoms with Crippen molar-refractivity contribution in [1.82, 2.24) is 4.98 Å². The lowest BCUT2D eigenvalue weighted by atomic mass is 9.63.